The van der Waals surface area contributed by atoms with Gasteiger partial charge in [-0.1, -0.05) is 18.7 Å². The Morgan fingerprint density at radius 3 is 2.76 bits per heavy atom. The third-order valence-corrected chi connectivity index (χ3v) is 5.17. The van der Waals surface area contributed by atoms with Gasteiger partial charge >= 0.3 is 11.9 Å². The number of aldehydes is 1. The Morgan fingerprint density at radius 1 is 1.45 bits per heavy atom. The van der Waals surface area contributed by atoms with Crippen molar-refractivity contribution in [1.29, 1.82) is 0 Å². The van der Waals surface area contributed by atoms with Crippen molar-refractivity contribution in [3.05, 3.63) is 47.1 Å². The highest BCUT2D eigenvalue weighted by Crippen LogP contribution is 2.37. The van der Waals surface area contributed by atoms with Crippen LogP contribution in [0.15, 0.2) is 47.1 Å². The van der Waals surface area contributed by atoms with Crippen LogP contribution in [0.25, 0.3) is 0 Å². The van der Waals surface area contributed by atoms with Crippen molar-refractivity contribution in [3.8, 4) is 0 Å². The average Bonchev–Trinajstić information content (AvgIpc) is 2.99. The van der Waals surface area contributed by atoms with E-state index in [9.17, 15) is 19.5 Å². The van der Waals surface area contributed by atoms with Crippen LogP contribution in [0.2, 0.25) is 0 Å². The van der Waals surface area contributed by atoms with E-state index in [2.05, 4.69) is 6.58 Å². The summed E-state index contributed by atoms with van der Waals surface area (Å²) in [5.74, 6) is -1.94. The summed E-state index contributed by atoms with van der Waals surface area (Å²) in [4.78, 5) is 36.7. The highest BCUT2D eigenvalue weighted by molar-refractivity contribution is 5.92. The maximum atomic E-state index is 12.6. The van der Waals surface area contributed by atoms with Crippen LogP contribution in [0, 0.1) is 5.92 Å². The molecular weight excluding hydrogens is 376 g/mol. The van der Waals surface area contributed by atoms with Gasteiger partial charge in [-0.3, -0.25) is 4.79 Å². The Kier molecular flexibility index (Phi) is 8.10. The van der Waals surface area contributed by atoms with E-state index in [0.29, 0.717) is 35.8 Å². The predicted molar refractivity (Wildman–Crippen MR) is 106 cm³/mol. The van der Waals surface area contributed by atoms with Crippen molar-refractivity contribution in [3.63, 3.8) is 0 Å². The Labute approximate surface area is 170 Å². The third kappa shape index (κ3) is 5.10. The fraction of sp³-hybridized carbons (Fsp3) is 0.500. The number of hydrogen-bond acceptors (Lipinski definition) is 7. The standard InChI is InChI=1S/C22H28O7/c1-5-13(3)21(25)29-20-18-14(4)22(26)28-17(18)10-15(11-23)8-7-9-16(12-24)19(20)27-6-2/h5,9-10,12,17-20,23H,4,6-8,11H2,1-3H3. The molecule has 4 atom stereocenters. The number of esters is 2. The molecule has 0 aromatic rings. The summed E-state index contributed by atoms with van der Waals surface area (Å²) in [6.45, 7) is 8.97. The number of allylic oxidation sites excluding steroid dienone is 2. The van der Waals surface area contributed by atoms with Crippen LogP contribution in [0.3, 0.4) is 0 Å². The summed E-state index contributed by atoms with van der Waals surface area (Å²) in [7, 11) is 0. The molecule has 158 valence electrons. The number of hydrogen-bond donors (Lipinski definition) is 1. The van der Waals surface area contributed by atoms with Gasteiger partial charge in [-0.25, -0.2) is 9.59 Å². The molecule has 4 unspecified atom stereocenters. The summed E-state index contributed by atoms with van der Waals surface area (Å²) in [5, 5.41) is 9.66. The molecule has 0 bridgehead atoms. The zero-order valence-corrected chi connectivity index (χ0v) is 17.1. The van der Waals surface area contributed by atoms with Crippen LogP contribution in [-0.4, -0.2) is 54.9 Å². The highest BCUT2D eigenvalue weighted by Gasteiger charge is 2.48. The zero-order chi connectivity index (χ0) is 21.6. The number of fused-ring (bicyclic) bond motifs is 1. The van der Waals surface area contributed by atoms with Crippen molar-refractivity contribution >= 4 is 18.2 Å². The molecule has 1 saturated heterocycles. The lowest BCUT2D eigenvalue weighted by molar-refractivity contribution is -0.156. The topological polar surface area (TPSA) is 99.1 Å². The lowest BCUT2D eigenvalue weighted by Crippen LogP contribution is -2.44. The van der Waals surface area contributed by atoms with Crippen molar-refractivity contribution in [2.45, 2.75) is 51.9 Å². The first-order valence-corrected chi connectivity index (χ1v) is 9.68. The maximum absolute atomic E-state index is 12.6. The smallest absolute Gasteiger partial charge is 0.334 e. The molecule has 1 N–H and O–H groups in total. The summed E-state index contributed by atoms with van der Waals surface area (Å²) in [5.41, 5.74) is 1.49. The van der Waals surface area contributed by atoms with Crippen LogP contribution in [-0.2, 0) is 28.6 Å². The first kappa shape index (κ1) is 22.8. The van der Waals surface area contributed by atoms with Crippen LogP contribution < -0.4 is 0 Å². The van der Waals surface area contributed by atoms with Gasteiger partial charge in [-0.15, -0.1) is 0 Å². The van der Waals surface area contributed by atoms with Gasteiger partial charge < -0.3 is 19.3 Å². The van der Waals surface area contributed by atoms with Crippen molar-refractivity contribution in [2.75, 3.05) is 13.2 Å². The molecule has 2 aliphatic rings. The number of carbonyl (C=O) groups excluding carboxylic acids is 3. The molecule has 0 spiro atoms. The first-order chi connectivity index (χ1) is 13.9. The molecule has 0 radical (unpaired) electrons. The van der Waals surface area contributed by atoms with Gasteiger partial charge in [0, 0.05) is 23.3 Å². The largest absolute Gasteiger partial charge is 0.455 e. The van der Waals surface area contributed by atoms with E-state index in [1.807, 2.05) is 0 Å². The molecular formula is C22H28O7. The molecule has 0 aromatic carbocycles. The SMILES string of the molecule is C=C1C(=O)OC2C=C(CO)CCC=C(C=O)C(OCC)C(OC(=O)C(C)=CC)C12. The normalized spacial score (nSPS) is 28.1. The highest BCUT2D eigenvalue weighted by atomic mass is 16.6. The molecule has 29 heavy (non-hydrogen) atoms. The fourth-order valence-electron chi connectivity index (χ4n) is 3.45. The van der Waals surface area contributed by atoms with Gasteiger partial charge in [-0.2, -0.15) is 0 Å². The molecule has 0 amide bonds. The maximum Gasteiger partial charge on any atom is 0.334 e. The van der Waals surface area contributed by atoms with Gasteiger partial charge in [0.2, 0.25) is 0 Å². The number of aliphatic hydroxyl groups is 1. The minimum absolute atomic E-state index is 0.134. The third-order valence-electron chi connectivity index (χ3n) is 5.17. The van der Waals surface area contributed by atoms with Crippen LogP contribution >= 0.6 is 0 Å². The Bertz CT molecular complexity index is 759. The molecule has 2 rings (SSSR count). The molecule has 1 fully saturated rings. The molecule has 7 nitrogen and oxygen atoms in total. The predicted octanol–water partition coefficient (Wildman–Crippen LogP) is 2.21. The van der Waals surface area contributed by atoms with E-state index in [0.717, 1.165) is 0 Å². The lowest BCUT2D eigenvalue weighted by atomic mass is 9.83. The van der Waals surface area contributed by atoms with Crippen LogP contribution in [0.5, 0.6) is 0 Å². The van der Waals surface area contributed by atoms with Crippen LogP contribution in [0.1, 0.15) is 33.6 Å². The number of rotatable bonds is 6. The number of aliphatic hydroxyl groups excluding tert-OH is 1. The van der Waals surface area contributed by atoms with Gasteiger partial charge in [0.05, 0.1) is 12.5 Å². The second kappa shape index (κ2) is 10.3. The molecule has 1 heterocycles. The van der Waals surface area contributed by atoms with Crippen molar-refractivity contribution in [1.82, 2.24) is 0 Å². The van der Waals surface area contributed by atoms with Crippen molar-refractivity contribution in [2.24, 2.45) is 5.92 Å². The number of ether oxygens (including phenoxy) is 3. The Hall–Kier alpha value is -2.51. The average molecular weight is 404 g/mol. The quantitative estimate of drug-likeness (QED) is 0.314. The molecule has 1 aliphatic heterocycles. The Balaban J connectivity index is 2.61. The minimum atomic E-state index is -1.01. The van der Waals surface area contributed by atoms with Gasteiger partial charge in [0.15, 0.2) is 0 Å². The zero-order valence-electron chi connectivity index (χ0n) is 17.1. The Morgan fingerprint density at radius 2 is 2.17 bits per heavy atom. The van der Waals surface area contributed by atoms with E-state index < -0.39 is 36.2 Å². The summed E-state index contributed by atoms with van der Waals surface area (Å²) in [6.07, 6.45) is 3.96. The van der Waals surface area contributed by atoms with E-state index in [1.165, 1.54) is 0 Å². The van der Waals surface area contributed by atoms with Crippen LogP contribution in [0.4, 0.5) is 0 Å². The second-order valence-electron chi connectivity index (χ2n) is 6.98. The number of carbonyl (C=O) groups is 3. The summed E-state index contributed by atoms with van der Waals surface area (Å²) < 4.78 is 17.0. The van der Waals surface area contributed by atoms with E-state index >= 15 is 0 Å². The molecule has 0 aromatic heterocycles. The second-order valence-corrected chi connectivity index (χ2v) is 6.98. The minimum Gasteiger partial charge on any atom is -0.455 e. The van der Waals surface area contributed by atoms with E-state index in [4.69, 9.17) is 14.2 Å². The monoisotopic (exact) mass is 404 g/mol. The fourth-order valence-corrected chi connectivity index (χ4v) is 3.45. The van der Waals surface area contributed by atoms with E-state index in [-0.39, 0.29) is 18.8 Å². The lowest BCUT2D eigenvalue weighted by Gasteiger charge is -2.33. The summed E-state index contributed by atoms with van der Waals surface area (Å²) in [6, 6.07) is 0. The van der Waals surface area contributed by atoms with E-state index in [1.54, 1.807) is 39.0 Å². The first-order valence-electron chi connectivity index (χ1n) is 9.68. The van der Waals surface area contributed by atoms with Crippen molar-refractivity contribution < 1.29 is 33.7 Å². The van der Waals surface area contributed by atoms with Gasteiger partial charge in [0.1, 0.15) is 24.6 Å². The van der Waals surface area contributed by atoms with Gasteiger partial charge in [-0.05, 0) is 45.3 Å². The summed E-state index contributed by atoms with van der Waals surface area (Å²) >= 11 is 0. The molecule has 0 saturated carbocycles. The molecule has 1 aliphatic carbocycles. The van der Waals surface area contributed by atoms with Gasteiger partial charge in [0.25, 0.3) is 0 Å². The molecule has 7 heteroatoms.